The van der Waals surface area contributed by atoms with E-state index < -0.39 is 0 Å². The predicted molar refractivity (Wildman–Crippen MR) is 92.1 cm³/mol. The number of benzene rings is 2. The lowest BCUT2D eigenvalue weighted by Crippen LogP contribution is -1.82. The largest absolute Gasteiger partial charge is 0.126 e. The summed E-state index contributed by atoms with van der Waals surface area (Å²) in [6.07, 6.45) is 2.57. The third-order valence-electron chi connectivity index (χ3n) is 3.15. The van der Waals surface area contributed by atoms with Crippen LogP contribution in [0.4, 0.5) is 0 Å². The minimum atomic E-state index is 1.22. The van der Waals surface area contributed by atoms with E-state index in [-0.39, 0.29) is 0 Å². The highest BCUT2D eigenvalue weighted by molar-refractivity contribution is 7.99. The van der Waals surface area contributed by atoms with Gasteiger partial charge in [-0.05, 0) is 61.9 Å². The van der Waals surface area contributed by atoms with Crippen LogP contribution in [0.2, 0.25) is 0 Å². The van der Waals surface area contributed by atoms with E-state index in [9.17, 15) is 0 Å². The number of unbranched alkanes of at least 4 members (excludes halogenated alkanes) is 1. The van der Waals surface area contributed by atoms with Crippen molar-refractivity contribution in [2.24, 2.45) is 0 Å². The van der Waals surface area contributed by atoms with Crippen molar-refractivity contribution in [3.8, 4) is 0 Å². The Morgan fingerprint density at radius 2 is 1.60 bits per heavy atom. The fourth-order valence-electron chi connectivity index (χ4n) is 1.98. The van der Waals surface area contributed by atoms with Gasteiger partial charge in [-0.25, -0.2) is 0 Å². The SMILES string of the molecule is CCCCSc1ccc(Sc2ccc(C)cc2C)cc1. The maximum absolute atomic E-state index is 2.25. The molecule has 0 heterocycles. The molecule has 0 saturated carbocycles. The van der Waals surface area contributed by atoms with E-state index in [0.29, 0.717) is 0 Å². The summed E-state index contributed by atoms with van der Waals surface area (Å²) in [6.45, 7) is 6.57. The molecule has 0 unspecified atom stereocenters. The maximum Gasteiger partial charge on any atom is 0.0151 e. The molecule has 0 aromatic heterocycles. The van der Waals surface area contributed by atoms with Gasteiger partial charge in [0, 0.05) is 14.7 Å². The summed E-state index contributed by atoms with van der Waals surface area (Å²) < 4.78 is 0. The second-order valence-corrected chi connectivity index (χ2v) is 7.33. The van der Waals surface area contributed by atoms with Crippen LogP contribution in [0.5, 0.6) is 0 Å². The lowest BCUT2D eigenvalue weighted by atomic mass is 10.2. The first-order chi connectivity index (χ1) is 9.69. The predicted octanol–water partition coefficient (Wildman–Crippen LogP) is 6.35. The number of thioether (sulfide) groups is 1. The van der Waals surface area contributed by atoms with Crippen LogP contribution in [0.15, 0.2) is 57.2 Å². The number of hydrogen-bond acceptors (Lipinski definition) is 2. The van der Waals surface area contributed by atoms with Gasteiger partial charge in [0.1, 0.15) is 0 Å². The van der Waals surface area contributed by atoms with E-state index in [1.54, 1.807) is 0 Å². The molecule has 0 aliphatic rings. The van der Waals surface area contributed by atoms with Crippen molar-refractivity contribution < 1.29 is 0 Å². The molecule has 0 aliphatic carbocycles. The maximum atomic E-state index is 2.25. The van der Waals surface area contributed by atoms with Gasteiger partial charge >= 0.3 is 0 Å². The minimum absolute atomic E-state index is 1.22. The van der Waals surface area contributed by atoms with E-state index in [0.717, 1.165) is 0 Å². The highest BCUT2D eigenvalue weighted by atomic mass is 32.2. The third-order valence-corrected chi connectivity index (χ3v) is 5.43. The summed E-state index contributed by atoms with van der Waals surface area (Å²) in [5.41, 5.74) is 2.69. The Labute approximate surface area is 131 Å². The van der Waals surface area contributed by atoms with Crippen molar-refractivity contribution in [3.63, 3.8) is 0 Å². The quantitative estimate of drug-likeness (QED) is 0.450. The number of aryl methyl sites for hydroxylation is 2. The van der Waals surface area contributed by atoms with Gasteiger partial charge in [-0.1, -0.05) is 42.8 Å². The molecular formula is C18H22S2. The molecule has 0 radical (unpaired) electrons. The summed E-state index contributed by atoms with van der Waals surface area (Å²) in [4.78, 5) is 4.04. The first kappa shape index (κ1) is 15.5. The van der Waals surface area contributed by atoms with Crippen LogP contribution >= 0.6 is 23.5 Å². The fourth-order valence-corrected chi connectivity index (χ4v) is 3.86. The molecule has 0 spiro atoms. The third kappa shape index (κ3) is 4.60. The van der Waals surface area contributed by atoms with E-state index in [1.807, 2.05) is 23.5 Å². The molecule has 0 N–H and O–H groups in total. The van der Waals surface area contributed by atoms with Crippen LogP contribution in [0, 0.1) is 13.8 Å². The molecule has 0 saturated heterocycles. The Morgan fingerprint density at radius 1 is 0.900 bits per heavy atom. The van der Waals surface area contributed by atoms with Gasteiger partial charge in [-0.15, -0.1) is 11.8 Å². The topological polar surface area (TPSA) is 0 Å². The van der Waals surface area contributed by atoms with Crippen molar-refractivity contribution in [3.05, 3.63) is 53.6 Å². The summed E-state index contributed by atoms with van der Waals surface area (Å²) >= 11 is 3.81. The van der Waals surface area contributed by atoms with E-state index in [2.05, 4.69) is 63.2 Å². The van der Waals surface area contributed by atoms with Crippen molar-refractivity contribution in [1.29, 1.82) is 0 Å². The lowest BCUT2D eigenvalue weighted by Gasteiger charge is -2.07. The average Bonchev–Trinajstić information content (AvgIpc) is 2.44. The Balaban J connectivity index is 1.99. The van der Waals surface area contributed by atoms with Gasteiger partial charge in [-0.3, -0.25) is 0 Å². The van der Waals surface area contributed by atoms with Crippen molar-refractivity contribution in [2.75, 3.05) is 5.75 Å². The zero-order chi connectivity index (χ0) is 14.4. The molecule has 0 nitrogen and oxygen atoms in total. The van der Waals surface area contributed by atoms with E-state index in [4.69, 9.17) is 0 Å². The zero-order valence-corrected chi connectivity index (χ0v) is 14.1. The van der Waals surface area contributed by atoms with Crippen LogP contribution in [0.1, 0.15) is 30.9 Å². The molecule has 0 atom stereocenters. The molecule has 2 aromatic carbocycles. The van der Waals surface area contributed by atoms with Crippen molar-refractivity contribution in [1.82, 2.24) is 0 Å². The van der Waals surface area contributed by atoms with Gasteiger partial charge in [0.25, 0.3) is 0 Å². The Morgan fingerprint density at radius 3 is 2.25 bits per heavy atom. The number of rotatable bonds is 6. The van der Waals surface area contributed by atoms with Crippen LogP contribution in [-0.2, 0) is 0 Å². The summed E-state index contributed by atoms with van der Waals surface area (Å²) in [5.74, 6) is 1.22. The van der Waals surface area contributed by atoms with Gasteiger partial charge in [0.05, 0.1) is 0 Å². The van der Waals surface area contributed by atoms with Crippen LogP contribution in [0.25, 0.3) is 0 Å². The minimum Gasteiger partial charge on any atom is -0.126 e. The molecule has 0 aliphatic heterocycles. The van der Waals surface area contributed by atoms with E-state index >= 15 is 0 Å². The molecular weight excluding hydrogens is 280 g/mol. The van der Waals surface area contributed by atoms with Crippen LogP contribution in [-0.4, -0.2) is 5.75 Å². The Hall–Kier alpha value is -0.860. The second-order valence-electron chi connectivity index (χ2n) is 5.04. The summed E-state index contributed by atoms with van der Waals surface area (Å²) in [6, 6.07) is 15.6. The van der Waals surface area contributed by atoms with Gasteiger partial charge in [-0.2, -0.15) is 0 Å². The first-order valence-corrected chi connectivity index (χ1v) is 8.97. The fraction of sp³-hybridized carbons (Fsp3) is 0.333. The monoisotopic (exact) mass is 302 g/mol. The number of hydrogen-bond donors (Lipinski definition) is 0. The Kier molecular flexibility index (Phi) is 6.06. The molecule has 106 valence electrons. The molecule has 2 heteroatoms. The van der Waals surface area contributed by atoms with E-state index in [1.165, 1.54) is 44.4 Å². The average molecular weight is 303 g/mol. The van der Waals surface area contributed by atoms with Crippen LogP contribution < -0.4 is 0 Å². The van der Waals surface area contributed by atoms with Gasteiger partial charge in [0.2, 0.25) is 0 Å². The summed E-state index contributed by atoms with van der Waals surface area (Å²) in [5, 5.41) is 0. The molecule has 20 heavy (non-hydrogen) atoms. The van der Waals surface area contributed by atoms with Crippen LogP contribution in [0.3, 0.4) is 0 Å². The standard InChI is InChI=1S/C18H22S2/c1-4-5-12-19-16-7-9-17(10-8-16)20-18-11-6-14(2)13-15(18)3/h6-11,13H,4-5,12H2,1-3H3. The Bertz CT molecular complexity index is 544. The van der Waals surface area contributed by atoms with Crippen molar-refractivity contribution in [2.45, 2.75) is 48.3 Å². The highest BCUT2D eigenvalue weighted by Crippen LogP contribution is 2.32. The van der Waals surface area contributed by atoms with Gasteiger partial charge in [0.15, 0.2) is 0 Å². The molecule has 0 bridgehead atoms. The normalized spacial score (nSPS) is 10.8. The smallest absolute Gasteiger partial charge is 0.0151 e. The zero-order valence-electron chi connectivity index (χ0n) is 12.5. The molecule has 2 rings (SSSR count). The van der Waals surface area contributed by atoms with Crippen molar-refractivity contribution >= 4 is 23.5 Å². The highest BCUT2D eigenvalue weighted by Gasteiger charge is 2.02. The first-order valence-electron chi connectivity index (χ1n) is 7.17. The summed E-state index contributed by atoms with van der Waals surface area (Å²) in [7, 11) is 0. The molecule has 2 aromatic rings. The molecule has 0 fully saturated rings. The lowest BCUT2D eigenvalue weighted by molar-refractivity contribution is 0.896. The van der Waals surface area contributed by atoms with Gasteiger partial charge < -0.3 is 0 Å². The molecule has 0 amide bonds. The second kappa shape index (κ2) is 7.80.